The first kappa shape index (κ1) is 38.6. The van der Waals surface area contributed by atoms with Crippen molar-refractivity contribution in [3.8, 4) is 0 Å². The van der Waals surface area contributed by atoms with Crippen molar-refractivity contribution in [2.24, 2.45) is 0 Å². The van der Waals surface area contributed by atoms with Crippen molar-refractivity contribution >= 4 is 71.5 Å². The molecule has 0 saturated carbocycles. The first-order valence-electron chi connectivity index (χ1n) is 16.8. The average Bonchev–Trinajstić information content (AvgIpc) is 3.74. The number of benzene rings is 1. The van der Waals surface area contributed by atoms with Gasteiger partial charge in [-0.3, -0.25) is 38.6 Å². The average molecular weight is 791 g/mol. The van der Waals surface area contributed by atoms with Gasteiger partial charge < -0.3 is 35.2 Å². The highest BCUT2D eigenvalue weighted by molar-refractivity contribution is 8.01. The Labute approximate surface area is 321 Å². The summed E-state index contributed by atoms with van der Waals surface area (Å²) >= 11 is 2.37. The van der Waals surface area contributed by atoms with Crippen molar-refractivity contribution in [2.75, 3.05) is 43.2 Å². The summed E-state index contributed by atoms with van der Waals surface area (Å²) in [5.74, 6) is -5.52. The summed E-state index contributed by atoms with van der Waals surface area (Å²) < 4.78 is 6.71. The van der Waals surface area contributed by atoms with E-state index >= 15 is 0 Å². The van der Waals surface area contributed by atoms with Crippen molar-refractivity contribution in [3.05, 3.63) is 95.8 Å². The normalized spacial score (nSPS) is 19.9. The molecule has 3 aliphatic heterocycles. The number of pyridine rings is 1. The van der Waals surface area contributed by atoms with Crippen LogP contribution < -0.4 is 30.7 Å². The lowest BCUT2D eigenvalue weighted by molar-refractivity contribution is -0.679. The first-order valence-corrected chi connectivity index (χ1v) is 18.8. The molecular weight excluding hydrogens is 757 g/mol. The van der Waals surface area contributed by atoms with Crippen molar-refractivity contribution in [3.63, 3.8) is 0 Å². The molecule has 0 spiro atoms. The Hall–Kier alpha value is -6.15. The lowest BCUT2D eigenvalue weighted by atomic mass is 9.94. The predicted molar refractivity (Wildman–Crippen MR) is 191 cm³/mol. The molecule has 3 aromatic rings. The minimum absolute atomic E-state index is 0.0782. The molecule has 0 unspecified atom stereocenters. The molecule has 3 aliphatic rings. The van der Waals surface area contributed by atoms with Crippen molar-refractivity contribution in [1.29, 1.82) is 0 Å². The lowest BCUT2D eigenvalue weighted by Gasteiger charge is -2.57. The van der Waals surface area contributed by atoms with E-state index in [1.807, 2.05) is 0 Å². The summed E-state index contributed by atoms with van der Waals surface area (Å²) in [5, 5.41) is 20.1. The molecule has 18 nitrogen and oxygen atoms in total. The number of carboxylic acids is 1. The number of hydrogen-bond acceptors (Lipinski definition) is 12. The van der Waals surface area contributed by atoms with Crippen LogP contribution in [0.15, 0.2) is 93.8 Å². The van der Waals surface area contributed by atoms with Crippen LogP contribution in [0.3, 0.4) is 0 Å². The van der Waals surface area contributed by atoms with Gasteiger partial charge in [0, 0.05) is 48.2 Å². The van der Waals surface area contributed by atoms with Crippen LogP contribution >= 0.6 is 23.5 Å². The highest BCUT2D eigenvalue weighted by Gasteiger charge is 2.65. The second-order valence-electron chi connectivity index (χ2n) is 12.3. The zero-order valence-corrected chi connectivity index (χ0v) is 31.0. The molecule has 2 aromatic heterocycles. The molecule has 286 valence electrons. The van der Waals surface area contributed by atoms with E-state index in [2.05, 4.69) is 16.0 Å². The minimum atomic E-state index is -2.12. The first-order chi connectivity index (χ1) is 26.4. The van der Waals surface area contributed by atoms with E-state index in [1.165, 1.54) is 44.7 Å². The van der Waals surface area contributed by atoms with E-state index in [-0.39, 0.29) is 54.8 Å². The number of nitrogens with zero attached hydrogens (tertiary/aromatic N) is 5. The number of carbonyl (C=O) groups excluding carboxylic acids is 8. The number of nitrogens with one attached hydrogen (secondary N) is 3. The summed E-state index contributed by atoms with van der Waals surface area (Å²) in [6.45, 7) is 1.93. The zero-order valence-electron chi connectivity index (χ0n) is 29.3. The summed E-state index contributed by atoms with van der Waals surface area (Å²) in [4.78, 5) is 107. The molecule has 3 N–H and O–H groups in total. The number of piperazine rings is 1. The Morgan fingerprint density at radius 1 is 1.07 bits per heavy atom. The summed E-state index contributed by atoms with van der Waals surface area (Å²) in [6, 6.07) is 11.9. The third-order valence-corrected chi connectivity index (χ3v) is 11.6. The van der Waals surface area contributed by atoms with Gasteiger partial charge in [0.15, 0.2) is 5.76 Å². The SMILES string of the molecule is CCN1CCN(C(=O)N[C@@H](C(=O)N[C@]2(NC=O)C(=O)N3C(C(=O)[O-])=C(CSc4cc[n+](N(C)C(=O)c5ccco5)cc4)CS[C@@H]32)c2ccccc2)C(=O)C1=O. The molecule has 2 saturated heterocycles. The Bertz CT molecular complexity index is 2060. The van der Waals surface area contributed by atoms with E-state index in [1.54, 1.807) is 68.8 Å². The number of imide groups is 1. The Kier molecular flexibility index (Phi) is 11.3. The highest BCUT2D eigenvalue weighted by atomic mass is 32.2. The Morgan fingerprint density at radius 3 is 2.44 bits per heavy atom. The third kappa shape index (κ3) is 7.37. The Morgan fingerprint density at radius 2 is 1.80 bits per heavy atom. The molecule has 8 amide bonds. The number of rotatable bonds is 13. The summed E-state index contributed by atoms with van der Waals surface area (Å²) in [5.41, 5.74) is -1.93. The van der Waals surface area contributed by atoms with Crippen LogP contribution in [0.1, 0.15) is 29.1 Å². The number of fused-ring (bicyclic) bond motifs is 1. The van der Waals surface area contributed by atoms with Gasteiger partial charge in [0.05, 0.1) is 25.0 Å². The molecule has 6 rings (SSSR count). The number of aliphatic carboxylic acids is 1. The number of furan rings is 1. The highest BCUT2D eigenvalue weighted by Crippen LogP contribution is 2.45. The van der Waals surface area contributed by atoms with Crippen molar-refractivity contribution < 1.29 is 52.6 Å². The van der Waals surface area contributed by atoms with E-state index < -0.39 is 58.4 Å². The maximum absolute atomic E-state index is 14.0. The number of hydrogen-bond donors (Lipinski definition) is 3. The largest absolute Gasteiger partial charge is 0.543 e. The molecular formula is C35H34N8O10S2. The van der Waals surface area contributed by atoms with Crippen molar-refractivity contribution in [1.82, 2.24) is 30.7 Å². The van der Waals surface area contributed by atoms with E-state index in [4.69, 9.17) is 4.42 Å². The maximum Gasteiger partial charge on any atom is 0.343 e. The van der Waals surface area contributed by atoms with Gasteiger partial charge in [-0.2, -0.15) is 0 Å². The summed E-state index contributed by atoms with van der Waals surface area (Å²) in [6.07, 6.45) is 4.86. The quantitative estimate of drug-likeness (QED) is 0.0458. The van der Waals surface area contributed by atoms with Gasteiger partial charge in [-0.15, -0.1) is 28.5 Å². The van der Waals surface area contributed by atoms with Crippen LogP contribution in [0.2, 0.25) is 0 Å². The fraction of sp³-hybridized carbons (Fsp3) is 0.286. The van der Waals surface area contributed by atoms with Gasteiger partial charge in [-0.1, -0.05) is 35.0 Å². The number of carboxylic acid groups (broad SMARTS) is 1. The molecule has 2 fully saturated rings. The van der Waals surface area contributed by atoms with E-state index in [0.717, 1.165) is 21.6 Å². The van der Waals surface area contributed by atoms with Gasteiger partial charge in [0.25, 0.3) is 5.91 Å². The molecule has 1 aromatic carbocycles. The molecule has 0 radical (unpaired) electrons. The topological polar surface area (TPSA) is 226 Å². The number of urea groups is 1. The number of carbonyl (C=O) groups is 8. The molecule has 3 atom stereocenters. The number of amides is 8. The van der Waals surface area contributed by atoms with Crippen LogP contribution in [-0.2, 0) is 28.8 Å². The van der Waals surface area contributed by atoms with Crippen LogP contribution in [0.4, 0.5) is 4.79 Å². The van der Waals surface area contributed by atoms with E-state index in [9.17, 15) is 43.5 Å². The van der Waals surface area contributed by atoms with Crippen LogP contribution in [-0.4, -0.2) is 112 Å². The molecule has 0 bridgehead atoms. The van der Waals surface area contributed by atoms with Crippen molar-refractivity contribution in [2.45, 2.75) is 28.9 Å². The fourth-order valence-corrected chi connectivity index (χ4v) is 8.66. The predicted octanol–water partition coefficient (Wildman–Crippen LogP) is -1.31. The van der Waals surface area contributed by atoms with Crippen LogP contribution in [0.25, 0.3) is 0 Å². The number of thioether (sulfide) groups is 2. The molecule has 5 heterocycles. The zero-order chi connectivity index (χ0) is 39.4. The van der Waals surface area contributed by atoms with Gasteiger partial charge in [-0.05, 0) is 30.2 Å². The Balaban J connectivity index is 1.18. The molecule has 20 heteroatoms. The monoisotopic (exact) mass is 790 g/mol. The second-order valence-corrected chi connectivity index (χ2v) is 14.4. The third-order valence-electron chi connectivity index (χ3n) is 9.12. The van der Waals surface area contributed by atoms with Gasteiger partial charge in [0.2, 0.25) is 30.4 Å². The maximum atomic E-state index is 14.0. The fourth-order valence-electron chi connectivity index (χ4n) is 6.22. The molecule has 55 heavy (non-hydrogen) atoms. The lowest BCUT2D eigenvalue weighted by Crippen LogP contribution is -2.85. The minimum Gasteiger partial charge on any atom is -0.543 e. The second kappa shape index (κ2) is 16.1. The van der Waals surface area contributed by atoms with Crippen LogP contribution in [0, 0.1) is 0 Å². The number of aromatic nitrogens is 1. The summed E-state index contributed by atoms with van der Waals surface area (Å²) in [7, 11) is 1.56. The van der Waals surface area contributed by atoms with Crippen LogP contribution in [0.5, 0.6) is 0 Å². The molecule has 0 aliphatic carbocycles. The smallest absolute Gasteiger partial charge is 0.343 e. The number of likely N-dealkylation sites (N-methyl/N-ethyl adjacent to an activating group) is 1. The number of β-lactam (4-membered cyclic amide) rings is 1. The van der Waals surface area contributed by atoms with Gasteiger partial charge in [-0.25, -0.2) is 4.79 Å². The standard InChI is InChI=1S/C35H34N8O10S2/c1-3-40-15-16-42(30(48)29(40)47)34(52)37-25(21-8-5-4-6-9-21)27(45)38-35(36-20-44)32(51)43-26(31(49)50)22(19-55-33(35)43)18-54-23-11-13-41(14-12-23)39(2)28(46)24-10-7-17-53-24/h4-14,17,20,25,33H,3,15-16,18-19H2,1-2H3,(H3-,36,37,38,44,45,49,50,52)/t25-,33-,35-/m1/s1. The van der Waals surface area contributed by atoms with Gasteiger partial charge >= 0.3 is 23.8 Å². The van der Waals surface area contributed by atoms with E-state index in [0.29, 0.717) is 10.5 Å². The van der Waals surface area contributed by atoms with Gasteiger partial charge in [0.1, 0.15) is 11.4 Å².